The highest BCUT2D eigenvalue weighted by Crippen LogP contribution is 1.96. The van der Waals surface area contributed by atoms with Crippen molar-refractivity contribution in [2.45, 2.75) is 19.3 Å². The van der Waals surface area contributed by atoms with Crippen LogP contribution >= 0.6 is 0 Å². The van der Waals surface area contributed by atoms with Crippen molar-refractivity contribution in [3.63, 3.8) is 0 Å². The van der Waals surface area contributed by atoms with E-state index in [-0.39, 0.29) is 6.61 Å². The average Bonchev–Trinajstić information content (AvgIpc) is 1.87. The van der Waals surface area contributed by atoms with Crippen molar-refractivity contribution in [3.05, 3.63) is 12.7 Å². The lowest BCUT2D eigenvalue weighted by Crippen LogP contribution is -1.96. The number of hydrogen-bond donors (Lipinski definition) is 0. The minimum absolute atomic E-state index is 0.282. The molecule has 1 atom stereocenters. The summed E-state index contributed by atoms with van der Waals surface area (Å²) in [5.74, 6) is 0. The number of rotatable bonds is 6. The van der Waals surface area contributed by atoms with Crippen LogP contribution in [0.4, 0.5) is 0 Å². The van der Waals surface area contributed by atoms with E-state index >= 15 is 0 Å². The number of allylic oxidation sites excluding steroid dienone is 1. The van der Waals surface area contributed by atoms with Crippen molar-refractivity contribution in [2.24, 2.45) is 0 Å². The Morgan fingerprint density at radius 2 is 2.30 bits per heavy atom. The number of unbranched alkanes of at least 4 members (excludes halogenated alkanes) is 2. The second kappa shape index (κ2) is 6.92. The largest absolute Gasteiger partial charge is 0.750 e. The molecule has 0 saturated heterocycles. The second-order valence-electron chi connectivity index (χ2n) is 1.81. The predicted molar refractivity (Wildman–Crippen MR) is 38.9 cm³/mol. The van der Waals surface area contributed by atoms with E-state index in [9.17, 15) is 8.76 Å². The fraction of sp³-hybridized carbons (Fsp3) is 0.667. The summed E-state index contributed by atoms with van der Waals surface area (Å²) in [6.07, 6.45) is 4.41. The molecule has 0 N–H and O–H groups in total. The molecular weight excluding hydrogens is 152 g/mol. The van der Waals surface area contributed by atoms with E-state index < -0.39 is 11.4 Å². The first kappa shape index (κ1) is 9.81. The fourth-order valence-electron chi connectivity index (χ4n) is 0.518. The first-order valence-electron chi connectivity index (χ1n) is 3.11. The minimum Gasteiger partial charge on any atom is -0.750 e. The van der Waals surface area contributed by atoms with Gasteiger partial charge in [0.2, 0.25) is 0 Å². The molecule has 0 radical (unpaired) electrons. The molecule has 3 nitrogen and oxygen atoms in total. The van der Waals surface area contributed by atoms with E-state index in [4.69, 9.17) is 0 Å². The van der Waals surface area contributed by atoms with Gasteiger partial charge in [-0.1, -0.05) is 6.08 Å². The zero-order chi connectivity index (χ0) is 7.82. The van der Waals surface area contributed by atoms with Gasteiger partial charge in [-0.05, 0) is 19.3 Å². The molecule has 0 spiro atoms. The minimum atomic E-state index is -2.35. The summed E-state index contributed by atoms with van der Waals surface area (Å²) in [5, 5.41) is 0. The van der Waals surface area contributed by atoms with Crippen molar-refractivity contribution in [1.29, 1.82) is 0 Å². The van der Waals surface area contributed by atoms with E-state index in [1.165, 1.54) is 0 Å². The number of hydrogen-bond acceptors (Lipinski definition) is 3. The van der Waals surface area contributed by atoms with E-state index in [1.54, 1.807) is 6.08 Å². The van der Waals surface area contributed by atoms with Crippen LogP contribution in [0.2, 0.25) is 0 Å². The summed E-state index contributed by atoms with van der Waals surface area (Å²) in [6.45, 7) is 3.81. The van der Waals surface area contributed by atoms with Gasteiger partial charge in [0.05, 0.1) is 18.0 Å². The molecule has 10 heavy (non-hydrogen) atoms. The first-order chi connectivity index (χ1) is 4.77. The van der Waals surface area contributed by atoms with Crippen LogP contribution in [0.3, 0.4) is 0 Å². The van der Waals surface area contributed by atoms with Crippen LogP contribution in [-0.2, 0) is 15.5 Å². The Bertz CT molecular complexity index is 114. The van der Waals surface area contributed by atoms with Crippen molar-refractivity contribution in [1.82, 2.24) is 0 Å². The summed E-state index contributed by atoms with van der Waals surface area (Å²) >= 11 is -2.35. The highest BCUT2D eigenvalue weighted by Gasteiger charge is 1.86. The van der Waals surface area contributed by atoms with E-state index in [0.717, 1.165) is 19.3 Å². The van der Waals surface area contributed by atoms with E-state index in [2.05, 4.69) is 10.8 Å². The van der Waals surface area contributed by atoms with Gasteiger partial charge in [0, 0.05) is 0 Å². The maximum absolute atomic E-state index is 9.79. The first-order valence-corrected chi connectivity index (χ1v) is 4.11. The van der Waals surface area contributed by atoms with Gasteiger partial charge < -0.3 is 8.74 Å². The third-order valence-electron chi connectivity index (χ3n) is 0.982. The quantitative estimate of drug-likeness (QED) is 0.335. The van der Waals surface area contributed by atoms with Crippen LogP contribution in [0.25, 0.3) is 0 Å². The molecule has 0 aromatic carbocycles. The molecule has 0 fully saturated rings. The molecule has 0 aliphatic heterocycles. The molecule has 0 amide bonds. The lowest BCUT2D eigenvalue weighted by atomic mass is 10.2. The van der Waals surface area contributed by atoms with Gasteiger partial charge in [0.25, 0.3) is 0 Å². The predicted octanol–water partition coefficient (Wildman–Crippen LogP) is 1.15. The van der Waals surface area contributed by atoms with Gasteiger partial charge in [0.15, 0.2) is 0 Å². The van der Waals surface area contributed by atoms with Gasteiger partial charge >= 0.3 is 0 Å². The maximum Gasteiger partial charge on any atom is 0.0842 e. The zero-order valence-electron chi connectivity index (χ0n) is 5.75. The Labute approximate surface area is 63.6 Å². The topological polar surface area (TPSA) is 49.4 Å². The summed E-state index contributed by atoms with van der Waals surface area (Å²) in [7, 11) is 0. The molecule has 0 bridgehead atoms. The second-order valence-corrected chi connectivity index (χ2v) is 2.45. The molecular formula is C6H11O3S-. The summed E-state index contributed by atoms with van der Waals surface area (Å²) in [5.41, 5.74) is 0. The molecule has 0 aliphatic carbocycles. The fourth-order valence-corrected chi connectivity index (χ4v) is 0.772. The van der Waals surface area contributed by atoms with Gasteiger partial charge in [-0.25, -0.2) is 4.21 Å². The van der Waals surface area contributed by atoms with Crippen LogP contribution in [0, 0.1) is 0 Å². The van der Waals surface area contributed by atoms with Crippen LogP contribution in [0.1, 0.15) is 19.3 Å². The molecule has 0 rings (SSSR count). The average molecular weight is 163 g/mol. The Morgan fingerprint density at radius 1 is 1.60 bits per heavy atom. The lowest BCUT2D eigenvalue weighted by molar-refractivity contribution is 0.293. The SMILES string of the molecule is C=CCCCCOS(=O)[O-]. The van der Waals surface area contributed by atoms with Gasteiger partial charge in [0.1, 0.15) is 0 Å². The zero-order valence-corrected chi connectivity index (χ0v) is 6.56. The smallest absolute Gasteiger partial charge is 0.0842 e. The molecule has 1 unspecified atom stereocenters. The molecule has 4 heteroatoms. The summed E-state index contributed by atoms with van der Waals surface area (Å²) in [6, 6.07) is 0. The van der Waals surface area contributed by atoms with Gasteiger partial charge in [-0.15, -0.1) is 6.58 Å². The molecule has 0 aromatic rings. The van der Waals surface area contributed by atoms with E-state index in [0.29, 0.717) is 0 Å². The van der Waals surface area contributed by atoms with Crippen LogP contribution < -0.4 is 0 Å². The Hall–Kier alpha value is -0.190. The molecule has 0 saturated carbocycles. The molecule has 60 valence electrons. The van der Waals surface area contributed by atoms with Crippen molar-refractivity contribution in [2.75, 3.05) is 6.61 Å². The van der Waals surface area contributed by atoms with E-state index in [1.807, 2.05) is 0 Å². The Balaban J connectivity index is 2.90. The van der Waals surface area contributed by atoms with Gasteiger partial charge in [-0.3, -0.25) is 0 Å². The van der Waals surface area contributed by atoms with Crippen molar-refractivity contribution in [3.8, 4) is 0 Å². The third-order valence-corrected chi connectivity index (χ3v) is 1.34. The van der Waals surface area contributed by atoms with Crippen LogP contribution in [0.5, 0.6) is 0 Å². The third kappa shape index (κ3) is 7.81. The Kier molecular flexibility index (Phi) is 6.79. The highest BCUT2D eigenvalue weighted by atomic mass is 32.2. The van der Waals surface area contributed by atoms with Gasteiger partial charge in [-0.2, -0.15) is 0 Å². The standard InChI is InChI=1S/C6H12O3S/c1-2-3-4-5-6-9-10(7)8/h2H,1,3-6H2,(H,7,8)/p-1. The lowest BCUT2D eigenvalue weighted by Gasteiger charge is -2.03. The normalized spacial score (nSPS) is 12.9. The maximum atomic E-state index is 9.79. The van der Waals surface area contributed by atoms with Crippen molar-refractivity contribution < 1.29 is 12.9 Å². The summed E-state index contributed by atoms with van der Waals surface area (Å²) < 4.78 is 23.8. The molecule has 0 heterocycles. The molecule has 0 aromatic heterocycles. The highest BCUT2D eigenvalue weighted by molar-refractivity contribution is 7.74. The van der Waals surface area contributed by atoms with Crippen LogP contribution in [0.15, 0.2) is 12.7 Å². The van der Waals surface area contributed by atoms with Crippen LogP contribution in [-0.4, -0.2) is 15.4 Å². The summed E-state index contributed by atoms with van der Waals surface area (Å²) in [4.78, 5) is 0. The Morgan fingerprint density at radius 3 is 2.80 bits per heavy atom. The van der Waals surface area contributed by atoms with Crippen molar-refractivity contribution >= 4 is 11.4 Å². The molecule has 0 aliphatic rings. The monoisotopic (exact) mass is 163 g/mol.